The van der Waals surface area contributed by atoms with Crippen LogP contribution in [-0.2, 0) is 9.59 Å². The lowest BCUT2D eigenvalue weighted by Crippen LogP contribution is -2.53. The maximum atomic E-state index is 11.8. The Labute approximate surface area is 114 Å². The Kier molecular flexibility index (Phi) is 5.41. The normalized spacial score (nSPS) is 26.1. The number of carbonyl (C=O) groups is 2. The highest BCUT2D eigenvalue weighted by atomic mass is 35.5. The number of rotatable bonds is 3. The molecule has 6 heteroatoms. The zero-order chi connectivity index (χ0) is 12.3. The van der Waals surface area contributed by atoms with Gasteiger partial charge >= 0.3 is 0 Å². The van der Waals surface area contributed by atoms with Gasteiger partial charge in [0.2, 0.25) is 11.8 Å². The van der Waals surface area contributed by atoms with Crippen LogP contribution in [0, 0.1) is 0 Å². The van der Waals surface area contributed by atoms with E-state index in [0.717, 1.165) is 25.7 Å². The maximum absolute atomic E-state index is 11.8. The molecule has 0 aromatic carbocycles. The van der Waals surface area contributed by atoms with Gasteiger partial charge in [-0.25, -0.2) is 0 Å². The van der Waals surface area contributed by atoms with Crippen molar-refractivity contribution < 1.29 is 9.59 Å². The monoisotopic (exact) mass is 275 g/mol. The second-order valence-corrected chi connectivity index (χ2v) is 5.30. The molecule has 1 saturated carbocycles. The number of nitrogens with two attached hydrogens (primary N) is 1. The van der Waals surface area contributed by atoms with E-state index >= 15 is 0 Å². The number of halogens is 1. The van der Waals surface area contributed by atoms with Crippen LogP contribution in [0.25, 0.3) is 0 Å². The summed E-state index contributed by atoms with van der Waals surface area (Å²) >= 11 is 0. The highest BCUT2D eigenvalue weighted by Crippen LogP contribution is 2.25. The lowest BCUT2D eigenvalue weighted by molar-refractivity contribution is -0.126. The predicted molar refractivity (Wildman–Crippen MR) is 71.4 cm³/mol. The summed E-state index contributed by atoms with van der Waals surface area (Å²) in [5.41, 5.74) is 5.99. The van der Waals surface area contributed by atoms with E-state index in [1.807, 2.05) is 0 Å². The summed E-state index contributed by atoms with van der Waals surface area (Å²) in [7, 11) is 0. The molecule has 1 aliphatic heterocycles. The molecule has 1 heterocycles. The quantitative estimate of drug-likeness (QED) is 0.700. The third-order valence-corrected chi connectivity index (χ3v) is 3.78. The fourth-order valence-electron chi connectivity index (χ4n) is 2.63. The van der Waals surface area contributed by atoms with Crippen molar-refractivity contribution >= 4 is 24.2 Å². The molecule has 18 heavy (non-hydrogen) atoms. The first kappa shape index (κ1) is 15.2. The molecule has 2 rings (SSSR count). The molecule has 1 aliphatic carbocycles. The van der Waals surface area contributed by atoms with Crippen molar-refractivity contribution in [2.24, 2.45) is 5.73 Å². The van der Waals surface area contributed by atoms with Crippen LogP contribution in [0.15, 0.2) is 0 Å². The largest absolute Gasteiger partial charge is 0.352 e. The molecule has 0 radical (unpaired) electrons. The lowest BCUT2D eigenvalue weighted by atomic mass is 9.82. The van der Waals surface area contributed by atoms with Crippen molar-refractivity contribution in [3.05, 3.63) is 0 Å². The van der Waals surface area contributed by atoms with Crippen LogP contribution < -0.4 is 16.4 Å². The van der Waals surface area contributed by atoms with Crippen LogP contribution in [0.3, 0.4) is 0 Å². The van der Waals surface area contributed by atoms with Gasteiger partial charge in [-0.3, -0.25) is 9.59 Å². The minimum Gasteiger partial charge on any atom is -0.352 e. The molecule has 1 saturated heterocycles. The molecule has 2 aliphatic rings. The average Bonchev–Trinajstić information content (AvgIpc) is 2.74. The molecular formula is C12H22ClN3O2. The van der Waals surface area contributed by atoms with E-state index in [1.165, 1.54) is 6.42 Å². The fourth-order valence-corrected chi connectivity index (χ4v) is 2.63. The Morgan fingerprint density at radius 2 is 2.06 bits per heavy atom. The third kappa shape index (κ3) is 3.85. The molecule has 104 valence electrons. The highest BCUT2D eigenvalue weighted by molar-refractivity contribution is 5.90. The summed E-state index contributed by atoms with van der Waals surface area (Å²) < 4.78 is 0. The smallest absolute Gasteiger partial charge is 0.242 e. The van der Waals surface area contributed by atoms with Gasteiger partial charge in [-0.15, -0.1) is 12.4 Å². The zero-order valence-corrected chi connectivity index (χ0v) is 11.4. The topological polar surface area (TPSA) is 84.2 Å². The fraction of sp³-hybridized carbons (Fsp3) is 0.833. The highest BCUT2D eigenvalue weighted by Gasteiger charge is 2.31. The molecular weight excluding hydrogens is 254 g/mol. The number of hydrogen-bond donors (Lipinski definition) is 3. The molecule has 0 unspecified atom stereocenters. The molecule has 0 bridgehead atoms. The van der Waals surface area contributed by atoms with Crippen molar-refractivity contribution in [1.29, 1.82) is 0 Å². The Morgan fingerprint density at radius 3 is 2.61 bits per heavy atom. The van der Waals surface area contributed by atoms with Gasteiger partial charge in [0.15, 0.2) is 0 Å². The first-order chi connectivity index (χ1) is 8.09. The molecule has 4 N–H and O–H groups in total. The maximum Gasteiger partial charge on any atom is 0.242 e. The van der Waals surface area contributed by atoms with Crippen LogP contribution in [0.2, 0.25) is 0 Å². The Hall–Kier alpha value is -0.810. The molecule has 0 spiro atoms. The molecule has 2 amide bonds. The third-order valence-electron chi connectivity index (χ3n) is 3.78. The summed E-state index contributed by atoms with van der Waals surface area (Å²) in [6.45, 7) is 0.526. The molecule has 2 fully saturated rings. The molecule has 5 nitrogen and oxygen atoms in total. The SMILES string of the molecule is Cl.NC1(CNC(=O)[C@@H]2CCC(=O)N2)CCCCC1. The van der Waals surface area contributed by atoms with E-state index < -0.39 is 0 Å². The Balaban J connectivity index is 0.00000162. The minimum atomic E-state index is -0.352. The van der Waals surface area contributed by atoms with Crippen LogP contribution >= 0.6 is 12.4 Å². The van der Waals surface area contributed by atoms with E-state index in [4.69, 9.17) is 5.73 Å². The summed E-state index contributed by atoms with van der Waals surface area (Å²) in [5.74, 6) is -0.128. The minimum absolute atomic E-state index is 0. The molecule has 0 aromatic heterocycles. The van der Waals surface area contributed by atoms with Gasteiger partial charge in [-0.05, 0) is 19.3 Å². The lowest BCUT2D eigenvalue weighted by Gasteiger charge is -2.33. The van der Waals surface area contributed by atoms with Crippen molar-refractivity contribution in [3.8, 4) is 0 Å². The first-order valence-corrected chi connectivity index (χ1v) is 6.45. The standard InChI is InChI=1S/C12H21N3O2.ClH/c13-12(6-2-1-3-7-12)8-14-11(17)9-4-5-10(16)15-9;/h9H,1-8,13H2,(H,14,17)(H,15,16);1H/t9-;/m0./s1. The Morgan fingerprint density at radius 1 is 1.39 bits per heavy atom. The zero-order valence-electron chi connectivity index (χ0n) is 10.5. The second-order valence-electron chi connectivity index (χ2n) is 5.30. The predicted octanol–water partition coefficient (Wildman–Crippen LogP) is 0.465. The van der Waals surface area contributed by atoms with E-state index in [9.17, 15) is 9.59 Å². The second kappa shape index (κ2) is 6.38. The number of amides is 2. The van der Waals surface area contributed by atoms with Gasteiger partial charge in [0.05, 0.1) is 0 Å². The van der Waals surface area contributed by atoms with E-state index in [0.29, 0.717) is 19.4 Å². The average molecular weight is 276 g/mol. The van der Waals surface area contributed by atoms with Crippen LogP contribution in [0.1, 0.15) is 44.9 Å². The van der Waals surface area contributed by atoms with E-state index in [2.05, 4.69) is 10.6 Å². The van der Waals surface area contributed by atoms with Crippen molar-refractivity contribution in [2.75, 3.05) is 6.54 Å². The first-order valence-electron chi connectivity index (χ1n) is 6.45. The van der Waals surface area contributed by atoms with Crippen molar-refractivity contribution in [1.82, 2.24) is 10.6 Å². The van der Waals surface area contributed by atoms with E-state index in [1.54, 1.807) is 0 Å². The summed E-state index contributed by atoms with van der Waals surface area (Å²) in [5, 5.41) is 5.54. The van der Waals surface area contributed by atoms with Gasteiger partial charge in [0.25, 0.3) is 0 Å². The van der Waals surface area contributed by atoms with E-state index in [-0.39, 0.29) is 35.8 Å². The van der Waals surface area contributed by atoms with Gasteiger partial charge in [0, 0.05) is 18.5 Å². The number of carbonyl (C=O) groups excluding carboxylic acids is 2. The van der Waals surface area contributed by atoms with Gasteiger partial charge in [-0.1, -0.05) is 19.3 Å². The van der Waals surface area contributed by atoms with Gasteiger partial charge in [0.1, 0.15) is 6.04 Å². The summed E-state index contributed by atoms with van der Waals surface area (Å²) in [6.07, 6.45) is 6.54. The number of hydrogen-bond acceptors (Lipinski definition) is 3. The van der Waals surface area contributed by atoms with Crippen LogP contribution in [0.5, 0.6) is 0 Å². The molecule has 0 aromatic rings. The van der Waals surface area contributed by atoms with Crippen LogP contribution in [-0.4, -0.2) is 29.9 Å². The number of nitrogens with one attached hydrogen (secondary N) is 2. The Bertz CT molecular complexity index is 316. The van der Waals surface area contributed by atoms with Crippen molar-refractivity contribution in [2.45, 2.75) is 56.5 Å². The van der Waals surface area contributed by atoms with Crippen molar-refractivity contribution in [3.63, 3.8) is 0 Å². The van der Waals surface area contributed by atoms with Gasteiger partial charge < -0.3 is 16.4 Å². The molecule has 1 atom stereocenters. The summed E-state index contributed by atoms with van der Waals surface area (Å²) in [4.78, 5) is 22.8. The summed E-state index contributed by atoms with van der Waals surface area (Å²) in [6, 6.07) is -0.352. The van der Waals surface area contributed by atoms with Crippen LogP contribution in [0.4, 0.5) is 0 Å². The van der Waals surface area contributed by atoms with Gasteiger partial charge in [-0.2, -0.15) is 0 Å².